The van der Waals surface area contributed by atoms with Gasteiger partial charge in [-0.2, -0.15) is 0 Å². The lowest BCUT2D eigenvalue weighted by Crippen LogP contribution is -2.66. The molecule has 6 heterocycles. The van der Waals surface area contributed by atoms with E-state index >= 15 is 0 Å². The quantitative estimate of drug-likeness (QED) is 0.0822. The lowest BCUT2D eigenvalue weighted by atomic mass is 9.95. The van der Waals surface area contributed by atoms with Gasteiger partial charge < -0.3 is 130 Å². The van der Waals surface area contributed by atoms with Gasteiger partial charge in [0, 0.05) is 24.6 Å². The molecule has 416 valence electrons. The normalized spacial score (nSPS) is 38.5. The van der Waals surface area contributed by atoms with Crippen molar-refractivity contribution in [1.29, 1.82) is 0 Å². The van der Waals surface area contributed by atoms with Crippen LogP contribution in [0.2, 0.25) is 0 Å². The van der Waals surface area contributed by atoms with E-state index in [-0.39, 0.29) is 37.4 Å². The first-order valence-corrected chi connectivity index (χ1v) is 23.0. The molecule has 32 nitrogen and oxygen atoms in total. The van der Waals surface area contributed by atoms with Crippen LogP contribution in [0.5, 0.6) is 0 Å². The predicted molar refractivity (Wildman–Crippen MR) is 232 cm³/mol. The number of ether oxygens (including phenoxy) is 8. The number of hydrogen-bond acceptors (Lipinski definition) is 26. The third-order valence-corrected chi connectivity index (χ3v) is 12.4. The minimum atomic E-state index is -2.27. The van der Waals surface area contributed by atoms with Crippen LogP contribution in [0.3, 0.4) is 0 Å². The van der Waals surface area contributed by atoms with Gasteiger partial charge in [-0.15, -0.1) is 0 Å². The molecule has 0 aromatic heterocycles. The Bertz CT molecular complexity index is 1950. The minimum Gasteiger partial charge on any atom is -0.480 e. The van der Waals surface area contributed by atoms with Crippen molar-refractivity contribution in [3.8, 4) is 0 Å². The highest BCUT2D eigenvalue weighted by Crippen LogP contribution is 2.34. The summed E-state index contributed by atoms with van der Waals surface area (Å²) in [6.07, 6.45) is -40.1. The largest absolute Gasteiger partial charge is 0.480 e. The van der Waals surface area contributed by atoms with Gasteiger partial charge in [0.2, 0.25) is 11.8 Å². The molecule has 0 saturated carbocycles. The molecular weight excluding hydrogens is 1010 g/mol. The van der Waals surface area contributed by atoms with Gasteiger partial charge in [-0.25, -0.2) is 0 Å². The van der Waals surface area contributed by atoms with Crippen molar-refractivity contribution >= 4 is 46.9 Å². The van der Waals surface area contributed by atoms with Gasteiger partial charge in [0.25, 0.3) is 11.8 Å². The number of nitrogens with zero attached hydrogens (tertiary/aromatic N) is 2. The summed E-state index contributed by atoms with van der Waals surface area (Å²) < 4.78 is 45.4. The van der Waals surface area contributed by atoms with Gasteiger partial charge in [0.15, 0.2) is 37.4 Å². The highest BCUT2D eigenvalue weighted by Gasteiger charge is 2.55. The van der Waals surface area contributed by atoms with Crippen molar-refractivity contribution < 1.29 is 138 Å². The molecule has 6 aliphatic heterocycles. The van der Waals surface area contributed by atoms with Gasteiger partial charge in [0.1, 0.15) is 112 Å². The van der Waals surface area contributed by atoms with Crippen LogP contribution in [0.15, 0.2) is 24.3 Å². The van der Waals surface area contributed by atoms with E-state index in [4.69, 9.17) is 37.9 Å². The van der Waals surface area contributed by atoms with Gasteiger partial charge in [-0.3, -0.25) is 28.8 Å². The molecule has 7 rings (SSSR count). The molecule has 0 spiro atoms. The van der Waals surface area contributed by atoms with E-state index in [9.17, 15) is 100 Å². The zero-order valence-corrected chi connectivity index (χ0v) is 38.8. The Morgan fingerprint density at radius 2 is 0.865 bits per heavy atom. The molecule has 6 bridgehead atoms. The molecule has 4 saturated heterocycles. The number of nitrogens with one attached hydrogen (secondary N) is 2. The van der Waals surface area contributed by atoms with Crippen molar-refractivity contribution in [2.45, 2.75) is 136 Å². The first-order chi connectivity index (χ1) is 35.1. The number of amides is 4. The third kappa shape index (κ3) is 13.4. The third-order valence-electron chi connectivity index (χ3n) is 12.4. The lowest BCUT2D eigenvalue weighted by molar-refractivity contribution is -0.356. The molecule has 1 aromatic rings. The number of carbonyl (C=O) groups excluding carboxylic acids is 4. The molecule has 16 N–H and O–H groups in total. The Kier molecular flexibility index (Phi) is 20.4. The second-order valence-corrected chi connectivity index (χ2v) is 17.6. The molecular formula is C42H60N4O28. The topological polar surface area (TPSA) is 490 Å². The maximum Gasteiger partial charge on any atom is 0.322 e. The number of hydrogen-bond donors (Lipinski definition) is 16. The number of aliphatic carboxylic acids is 2. The summed E-state index contributed by atoms with van der Waals surface area (Å²) in [7, 11) is 0. The predicted octanol–water partition coefficient (Wildman–Crippen LogP) is -10.2. The first kappa shape index (κ1) is 58.5. The monoisotopic (exact) mass is 1070 g/mol. The van der Waals surface area contributed by atoms with Crippen LogP contribution in [0.25, 0.3) is 0 Å². The smallest absolute Gasteiger partial charge is 0.322 e. The Balaban J connectivity index is 1.40. The van der Waals surface area contributed by atoms with E-state index in [2.05, 4.69) is 10.6 Å². The van der Waals surface area contributed by atoms with Crippen LogP contribution in [-0.2, 0) is 66.7 Å². The highest BCUT2D eigenvalue weighted by atomic mass is 16.8. The fraction of sp³-hybridized carbons (Fsp3) is 0.714. The van der Waals surface area contributed by atoms with E-state index in [1.807, 2.05) is 0 Å². The standard InChI is InChI=1S/C42H60N4O28/c47-13-17-23(55)25(57)27(59)41(69-17)71-33-29(61)35-37(65)45(11-19(49)43-9-21(51)52)15-3-5-16(6-4-15)46(12-20(50)44-10-22(53)54)38(66)36-30(62)34(72-42-28(60)26(58)24(56)18(14-48)70-42)32(64)40(74-36)68-8-2-1-7-67-39(73-35)31(33)63/h3-6,17-18,23-36,39-42,47-48,55-64H,1-2,7-14H2,(H,43,49)(H,44,50)(H,51,52)(H,53,54)/t17-,18-,23-,24-,25+,26+,27+,28+,29+,30+,31-,32-,33+,34+,35+,36+,39-,40-,41-,42-/m1/s1. The number of anilines is 2. The van der Waals surface area contributed by atoms with E-state index in [0.717, 1.165) is 24.3 Å². The van der Waals surface area contributed by atoms with Crippen molar-refractivity contribution in [1.82, 2.24) is 10.6 Å². The first-order valence-electron chi connectivity index (χ1n) is 23.0. The SMILES string of the molecule is O=C(O)CNC(=O)CN1C(=O)[C@H]2O[C@@H](OCCCCO[C@@H]3O[C@H](C(=O)N(CC(=O)NCC(=O)O)c4ccc1cc4)[C@@H](O)[C@H](O[C@H]1O[C@H](CO)[C@@H](O)[C@H](O)[C@@H]1O)[C@H]3O)[C@H](O)[C@@H](O[C@H]1O[C@H](CO)[C@@H](O)[C@H](O)[C@@H]1O)[C@@H]2O. The highest BCUT2D eigenvalue weighted by molar-refractivity contribution is 6.04. The molecule has 0 unspecified atom stereocenters. The maximum absolute atomic E-state index is 14.7. The molecule has 1 aromatic carbocycles. The average Bonchev–Trinajstić information content (AvgIpc) is 3.37. The van der Waals surface area contributed by atoms with Gasteiger partial charge in [0.05, 0.1) is 13.2 Å². The molecule has 4 amide bonds. The number of fused-ring (bicyclic) bond motifs is 9. The number of aliphatic hydroxyl groups excluding tert-OH is 12. The van der Waals surface area contributed by atoms with Gasteiger partial charge in [-0.1, -0.05) is 0 Å². The van der Waals surface area contributed by atoms with Crippen LogP contribution < -0.4 is 20.4 Å². The lowest BCUT2D eigenvalue weighted by Gasteiger charge is -2.46. The summed E-state index contributed by atoms with van der Waals surface area (Å²) in [6.45, 7) is -6.53. The zero-order chi connectivity index (χ0) is 54.3. The van der Waals surface area contributed by atoms with E-state index in [1.165, 1.54) is 0 Å². The van der Waals surface area contributed by atoms with Crippen LogP contribution in [0.1, 0.15) is 12.8 Å². The van der Waals surface area contributed by atoms with E-state index in [0.29, 0.717) is 9.80 Å². The molecule has 6 aliphatic rings. The molecule has 74 heavy (non-hydrogen) atoms. The Hall–Kier alpha value is -4.76. The number of rotatable bonds is 14. The number of carbonyl (C=O) groups is 6. The molecule has 32 heteroatoms. The maximum atomic E-state index is 14.7. The zero-order valence-electron chi connectivity index (χ0n) is 38.8. The fourth-order valence-corrected chi connectivity index (χ4v) is 8.41. The van der Waals surface area contributed by atoms with Crippen LogP contribution in [0, 0.1) is 0 Å². The molecule has 0 aliphatic carbocycles. The Labute approximate surface area is 417 Å². The minimum absolute atomic E-state index is 0.0362. The average molecular weight is 1070 g/mol. The molecule has 20 atom stereocenters. The van der Waals surface area contributed by atoms with Crippen molar-refractivity contribution in [3.05, 3.63) is 24.3 Å². The number of benzene rings is 1. The Morgan fingerprint density at radius 1 is 0.514 bits per heavy atom. The number of carboxylic acid groups (broad SMARTS) is 2. The van der Waals surface area contributed by atoms with E-state index < -0.39 is 198 Å². The second kappa shape index (κ2) is 25.9. The summed E-state index contributed by atoms with van der Waals surface area (Å²) in [4.78, 5) is 79.8. The van der Waals surface area contributed by atoms with Crippen molar-refractivity contribution in [2.24, 2.45) is 0 Å². The molecule has 4 fully saturated rings. The van der Waals surface area contributed by atoms with Crippen LogP contribution in [-0.4, -0.2) is 282 Å². The number of aliphatic hydroxyl groups is 12. The van der Waals surface area contributed by atoms with Gasteiger partial charge >= 0.3 is 11.9 Å². The van der Waals surface area contributed by atoms with Gasteiger partial charge in [-0.05, 0) is 37.1 Å². The second-order valence-electron chi connectivity index (χ2n) is 17.6. The Morgan fingerprint density at radius 3 is 1.19 bits per heavy atom. The summed E-state index contributed by atoms with van der Waals surface area (Å²) in [5.74, 6) is -7.82. The fourth-order valence-electron chi connectivity index (χ4n) is 8.41. The number of carboxylic acids is 2. The summed E-state index contributed by atoms with van der Waals surface area (Å²) in [5, 5.41) is 152. The summed E-state index contributed by atoms with van der Waals surface area (Å²) in [6, 6.07) is 4.24. The van der Waals surface area contributed by atoms with E-state index in [1.54, 1.807) is 0 Å². The van der Waals surface area contributed by atoms with Crippen molar-refractivity contribution in [3.63, 3.8) is 0 Å². The van der Waals surface area contributed by atoms with Crippen LogP contribution >= 0.6 is 0 Å². The summed E-state index contributed by atoms with van der Waals surface area (Å²) >= 11 is 0. The van der Waals surface area contributed by atoms with Crippen LogP contribution in [0.4, 0.5) is 11.4 Å². The van der Waals surface area contributed by atoms with Crippen molar-refractivity contribution in [2.75, 3.05) is 62.4 Å². The summed E-state index contributed by atoms with van der Waals surface area (Å²) in [5.41, 5.74) is -0.573. The molecule has 0 radical (unpaired) electrons.